The molecular formula is C56H66ClF2N7O8. The van der Waals surface area contributed by atoms with Gasteiger partial charge in [0, 0.05) is 91.9 Å². The van der Waals surface area contributed by atoms with E-state index < -0.39 is 35.1 Å². The fraction of sp³-hybridized carbons (Fsp3) is 0.482. The fourth-order valence-electron chi connectivity index (χ4n) is 12.0. The van der Waals surface area contributed by atoms with Crippen LogP contribution in [0.2, 0.25) is 5.02 Å². The Hall–Kier alpha value is -6.30. The van der Waals surface area contributed by atoms with Gasteiger partial charge in [-0.05, 0) is 119 Å². The molecule has 18 heteroatoms. The van der Waals surface area contributed by atoms with E-state index in [1.54, 1.807) is 18.2 Å². The third-order valence-electron chi connectivity index (χ3n) is 16.3. The lowest BCUT2D eigenvalue weighted by molar-refractivity contribution is -0.126. The zero-order valence-corrected chi connectivity index (χ0v) is 43.0. The quantitative estimate of drug-likeness (QED) is 0.0854. The summed E-state index contributed by atoms with van der Waals surface area (Å²) in [5, 5.41) is 8.92. The Kier molecular flexibility index (Phi) is 16.1. The number of nitrogens with one attached hydrogen (secondary N) is 3. The Balaban J connectivity index is 0.723. The van der Waals surface area contributed by atoms with E-state index in [1.807, 2.05) is 42.2 Å². The third-order valence-corrected chi connectivity index (χ3v) is 16.6. The zero-order valence-electron chi connectivity index (χ0n) is 42.3. The van der Waals surface area contributed by atoms with Crippen molar-refractivity contribution < 1.29 is 47.0 Å². The summed E-state index contributed by atoms with van der Waals surface area (Å²) in [5.41, 5.74) is 6.45. The van der Waals surface area contributed by atoms with Crippen molar-refractivity contribution in [3.05, 3.63) is 106 Å². The second-order valence-corrected chi connectivity index (χ2v) is 20.9. The van der Waals surface area contributed by atoms with Crippen LogP contribution in [-0.4, -0.2) is 112 Å². The van der Waals surface area contributed by atoms with Crippen molar-refractivity contribution in [1.82, 2.24) is 25.8 Å². The molecule has 74 heavy (non-hydrogen) atoms. The monoisotopic (exact) mass is 1040 g/mol. The van der Waals surface area contributed by atoms with Gasteiger partial charge < -0.3 is 40.4 Å². The molecule has 3 saturated heterocycles. The van der Waals surface area contributed by atoms with Gasteiger partial charge in [-0.25, -0.2) is 13.6 Å². The molecule has 5 aliphatic rings. The van der Waals surface area contributed by atoms with E-state index >= 15 is 8.78 Å². The molecule has 0 spiro atoms. The van der Waals surface area contributed by atoms with Gasteiger partial charge in [0.1, 0.15) is 17.3 Å². The number of benzene rings is 4. The Morgan fingerprint density at radius 2 is 1.53 bits per heavy atom. The summed E-state index contributed by atoms with van der Waals surface area (Å²) in [6.07, 6.45) is 8.41. The molecule has 1 aliphatic carbocycles. The molecule has 9 rings (SSSR count). The summed E-state index contributed by atoms with van der Waals surface area (Å²) in [7, 11) is 2.81. The maximum atomic E-state index is 16.2. The number of likely N-dealkylation sites (tertiary alicyclic amines) is 2. The lowest BCUT2D eigenvalue weighted by atomic mass is 9.77. The van der Waals surface area contributed by atoms with Crippen LogP contribution in [0.4, 0.5) is 19.3 Å². The minimum Gasteiger partial charge on any atom is -0.495 e. The smallest absolute Gasteiger partial charge is 0.328 e. The molecule has 1 saturated carbocycles. The van der Waals surface area contributed by atoms with Crippen LogP contribution in [0.1, 0.15) is 109 Å². The first-order valence-corrected chi connectivity index (χ1v) is 26.3. The Labute approximate surface area is 435 Å². The van der Waals surface area contributed by atoms with Gasteiger partial charge in [0.2, 0.25) is 17.7 Å². The molecule has 4 fully saturated rings. The van der Waals surface area contributed by atoms with Crippen LogP contribution < -0.4 is 40.8 Å². The first-order valence-electron chi connectivity index (χ1n) is 25.9. The van der Waals surface area contributed by atoms with Crippen LogP contribution >= 0.6 is 11.6 Å². The number of piperidine rings is 2. The minimum atomic E-state index is -1.08. The summed E-state index contributed by atoms with van der Waals surface area (Å²) in [6.45, 7) is 7.19. The number of halogens is 3. The number of fused-ring (bicyclic) bond motifs is 1. The molecule has 0 bridgehead atoms. The number of urea groups is 1. The number of carbonyl (C=O) groups is 5. The van der Waals surface area contributed by atoms with Gasteiger partial charge in [0.05, 0.1) is 30.5 Å². The summed E-state index contributed by atoms with van der Waals surface area (Å²) in [4.78, 5) is 69.9. The highest BCUT2D eigenvalue weighted by Crippen LogP contribution is 2.56. The van der Waals surface area contributed by atoms with Crippen LogP contribution in [-0.2, 0) is 15.2 Å². The Morgan fingerprint density at radius 1 is 0.851 bits per heavy atom. The molecule has 4 aromatic carbocycles. The molecule has 6 amide bonds. The van der Waals surface area contributed by atoms with Crippen LogP contribution in [0, 0.1) is 29.4 Å². The highest BCUT2D eigenvalue weighted by atomic mass is 35.5. The van der Waals surface area contributed by atoms with Gasteiger partial charge in [0.25, 0.3) is 5.91 Å². The maximum Gasteiger partial charge on any atom is 0.328 e. The first-order chi connectivity index (χ1) is 35.7. The van der Waals surface area contributed by atoms with E-state index in [1.165, 1.54) is 37.3 Å². The summed E-state index contributed by atoms with van der Waals surface area (Å²) in [5.74, 6) is -1.89. The number of anilines is 1. The van der Waals surface area contributed by atoms with Gasteiger partial charge in [-0.2, -0.15) is 0 Å². The SMILES string of the molecule is COc1ccc(C(=O)N2CCC(CC3CCN(CCNC(=O)C4CCC(NC[C@]5(c6ccccc6)Oc6cc(F)c(Cl)c(-c7c(C(N)=O)ccc(OC)c7F)c6[C@@H]5C)CC4)CC3)CC2)cc1N1CCC(=O)NC1=O. The number of nitrogens with two attached hydrogens (primary N) is 1. The molecule has 394 valence electrons. The van der Waals surface area contributed by atoms with E-state index in [2.05, 4.69) is 20.9 Å². The highest BCUT2D eigenvalue weighted by molar-refractivity contribution is 6.34. The first kappa shape index (κ1) is 52.6. The standard InChI is InChI=1S/C56H66ClF2N7O8/c1-33-47-45(31-41(58)50(57)49(47)48-40(52(60)68)14-16-44(73-3)51(48)59)74-56(33,38-7-5-4-6-8-38)32-62-39-12-9-36(10-13-39)53(69)61-22-28-64-23-17-34(18-24-64)29-35-19-25-65(26-20-35)54(70)37-11-15-43(72-2)42(30-37)66-27-21-46(67)63-55(66)71/h4-8,11,14-16,30-31,33-36,39,62H,9-10,12-13,17-29,32H2,1-3H3,(H2,60,68)(H,61,69)(H,63,67,71)/t33-,36?,39?,56-/m0/s1. The van der Waals surface area contributed by atoms with Crippen molar-refractivity contribution in [3.8, 4) is 28.4 Å². The van der Waals surface area contributed by atoms with Gasteiger partial charge in [-0.3, -0.25) is 29.4 Å². The molecule has 4 heterocycles. The molecule has 0 unspecified atom stereocenters. The predicted molar refractivity (Wildman–Crippen MR) is 277 cm³/mol. The summed E-state index contributed by atoms with van der Waals surface area (Å²) < 4.78 is 49.5. The van der Waals surface area contributed by atoms with Crippen molar-refractivity contribution in [1.29, 1.82) is 0 Å². The lowest BCUT2D eigenvalue weighted by Gasteiger charge is -2.37. The molecule has 0 radical (unpaired) electrons. The number of amides is 6. The largest absolute Gasteiger partial charge is 0.495 e. The number of imide groups is 1. The number of hydrogen-bond acceptors (Lipinski definition) is 10. The fourth-order valence-corrected chi connectivity index (χ4v) is 12.3. The second kappa shape index (κ2) is 22.7. The molecular weight excluding hydrogens is 972 g/mol. The average Bonchev–Trinajstić information content (AvgIpc) is 3.70. The Bertz CT molecular complexity index is 2760. The van der Waals surface area contributed by atoms with Crippen molar-refractivity contribution in [2.75, 3.05) is 71.5 Å². The molecule has 4 aromatic rings. The van der Waals surface area contributed by atoms with Gasteiger partial charge >= 0.3 is 6.03 Å². The van der Waals surface area contributed by atoms with Gasteiger partial charge in [-0.15, -0.1) is 0 Å². The van der Waals surface area contributed by atoms with Crippen LogP contribution in [0.15, 0.2) is 66.7 Å². The van der Waals surface area contributed by atoms with Crippen LogP contribution in [0.25, 0.3) is 11.1 Å². The topological polar surface area (TPSA) is 185 Å². The zero-order chi connectivity index (χ0) is 52.3. The van der Waals surface area contributed by atoms with E-state index in [9.17, 15) is 24.0 Å². The number of rotatable bonds is 16. The maximum absolute atomic E-state index is 16.2. The molecule has 5 N–H and O–H groups in total. The van der Waals surface area contributed by atoms with Crippen molar-refractivity contribution in [3.63, 3.8) is 0 Å². The molecule has 4 aliphatic heterocycles. The second-order valence-electron chi connectivity index (χ2n) is 20.5. The average molecular weight is 1040 g/mol. The predicted octanol–water partition coefficient (Wildman–Crippen LogP) is 8.16. The normalized spacial score (nSPS) is 22.7. The number of hydrogen-bond donors (Lipinski definition) is 4. The lowest BCUT2D eigenvalue weighted by Crippen LogP contribution is -2.49. The number of primary amides is 1. The highest BCUT2D eigenvalue weighted by Gasteiger charge is 2.50. The van der Waals surface area contributed by atoms with E-state index in [4.69, 9.17) is 31.5 Å². The number of nitrogens with zero attached hydrogens (tertiary/aromatic N) is 3. The molecule has 0 aromatic heterocycles. The van der Waals surface area contributed by atoms with Crippen molar-refractivity contribution in [2.45, 2.75) is 88.7 Å². The number of methoxy groups -OCH3 is 2. The van der Waals surface area contributed by atoms with E-state index in [0.29, 0.717) is 60.6 Å². The minimum absolute atomic E-state index is 0.00906. The van der Waals surface area contributed by atoms with Gasteiger partial charge in [0.15, 0.2) is 17.2 Å². The van der Waals surface area contributed by atoms with Crippen molar-refractivity contribution in [2.24, 2.45) is 23.5 Å². The third kappa shape index (κ3) is 10.8. The number of ether oxygens (including phenoxy) is 3. The van der Waals surface area contributed by atoms with Crippen molar-refractivity contribution >= 4 is 46.9 Å². The van der Waals surface area contributed by atoms with Gasteiger partial charge in [-0.1, -0.05) is 48.9 Å². The van der Waals surface area contributed by atoms with Crippen LogP contribution in [0.3, 0.4) is 0 Å². The van der Waals surface area contributed by atoms with Crippen LogP contribution in [0.5, 0.6) is 17.2 Å². The van der Waals surface area contributed by atoms with E-state index in [-0.39, 0.29) is 75.9 Å². The summed E-state index contributed by atoms with van der Waals surface area (Å²) >= 11 is 6.69. The molecule has 2 atom stereocenters. The number of carbonyl (C=O) groups excluding carboxylic acids is 5. The summed E-state index contributed by atoms with van der Waals surface area (Å²) in [6, 6.07) is 18.1. The Morgan fingerprint density at radius 3 is 2.19 bits per heavy atom. The molecule has 15 nitrogen and oxygen atoms in total. The van der Waals surface area contributed by atoms with E-state index in [0.717, 1.165) is 83.0 Å².